The largest absolute Gasteiger partial charge is 0.427 e. The van der Waals surface area contributed by atoms with E-state index in [1.54, 1.807) is 21.3 Å². The number of benzene rings is 3. The zero-order valence-corrected chi connectivity index (χ0v) is 29.4. The van der Waals surface area contributed by atoms with E-state index in [1.165, 1.54) is 11.1 Å². The van der Waals surface area contributed by atoms with E-state index in [0.29, 0.717) is 17.5 Å². The lowest BCUT2D eigenvalue weighted by molar-refractivity contribution is -0.0893. The molecule has 5 rings (SSSR count). The Hall–Kier alpha value is -4.20. The summed E-state index contributed by atoms with van der Waals surface area (Å²) in [6, 6.07) is 28.9. The summed E-state index contributed by atoms with van der Waals surface area (Å²) in [4.78, 5) is 19.6. The van der Waals surface area contributed by atoms with Crippen LogP contribution < -0.4 is 5.46 Å². The summed E-state index contributed by atoms with van der Waals surface area (Å²) < 4.78 is 5.90. The van der Waals surface area contributed by atoms with Gasteiger partial charge in [-0.1, -0.05) is 120 Å². The van der Waals surface area contributed by atoms with Crippen molar-refractivity contribution in [3.05, 3.63) is 102 Å². The molecule has 6 nitrogen and oxygen atoms in total. The second-order valence-electron chi connectivity index (χ2n) is 15.3. The van der Waals surface area contributed by atoms with Crippen LogP contribution in [0.15, 0.2) is 91.1 Å². The number of nitrogens with zero attached hydrogens (tertiary/aromatic N) is 4. The normalized spacial score (nSPS) is 12.7. The van der Waals surface area contributed by atoms with Crippen molar-refractivity contribution in [2.75, 3.05) is 0 Å². The van der Waals surface area contributed by atoms with Gasteiger partial charge in [-0.2, -0.15) is 0 Å². The van der Waals surface area contributed by atoms with Crippen molar-refractivity contribution < 1.29 is 9.76 Å². The van der Waals surface area contributed by atoms with Gasteiger partial charge in [-0.05, 0) is 61.8 Å². The molecule has 2 aromatic heterocycles. The third-order valence-electron chi connectivity index (χ3n) is 8.84. The molecule has 5 aromatic rings. The Balaban J connectivity index is 1.45. The molecule has 0 fully saturated rings. The molecule has 1 N–H and O–H groups in total. The van der Waals surface area contributed by atoms with Crippen LogP contribution in [0.3, 0.4) is 0 Å². The van der Waals surface area contributed by atoms with E-state index >= 15 is 0 Å². The van der Waals surface area contributed by atoms with Crippen molar-refractivity contribution in [3.8, 4) is 45.4 Å². The molecule has 0 saturated heterocycles. The lowest BCUT2D eigenvalue weighted by Gasteiger charge is -2.37. The van der Waals surface area contributed by atoms with Gasteiger partial charge >= 0.3 is 7.48 Å². The molecule has 0 spiro atoms. The van der Waals surface area contributed by atoms with Crippen LogP contribution in [0, 0.1) is 0 Å². The Bertz CT molecular complexity index is 1740. The quantitative estimate of drug-likeness (QED) is 0.175. The third kappa shape index (κ3) is 8.03. The third-order valence-corrected chi connectivity index (χ3v) is 8.84. The summed E-state index contributed by atoms with van der Waals surface area (Å²) in [6.45, 7) is 20.5. The molecule has 1 radical (unpaired) electrons. The molecular formula is C40H46BN4O2. The van der Waals surface area contributed by atoms with Crippen molar-refractivity contribution >= 4 is 12.9 Å². The summed E-state index contributed by atoms with van der Waals surface area (Å²) in [5.41, 5.74) is 6.29. The smallest absolute Gasteiger partial charge is 0.330 e. The second-order valence-corrected chi connectivity index (χ2v) is 15.3. The van der Waals surface area contributed by atoms with Crippen LogP contribution in [0.1, 0.15) is 80.4 Å². The predicted octanol–water partition coefficient (Wildman–Crippen LogP) is 8.34. The van der Waals surface area contributed by atoms with E-state index in [1.807, 2.05) is 56.4 Å². The maximum Gasteiger partial charge on any atom is 0.330 e. The summed E-state index contributed by atoms with van der Waals surface area (Å²) in [6.07, 6.45) is 1.82. The Morgan fingerprint density at radius 2 is 0.915 bits per heavy atom. The molecule has 0 atom stereocenters. The first-order valence-corrected chi connectivity index (χ1v) is 16.2. The number of pyridine rings is 1. The van der Waals surface area contributed by atoms with Gasteiger partial charge in [-0.3, -0.25) is 4.98 Å². The standard InChI is InChI=1S/C40H46BN4O2/c1-37(2,3)30-18-11-27(12-19-30)34-43-35(28-13-20-31(21-14-28)38(4,5)6)45-36(44-34)29-17-24-33(42-25-29)26-15-22-32(23-16-26)41-47-40(9,10)39(7,8)46/h11-25,46H,1-10H3. The number of rotatable bonds is 8. The Labute approximate surface area is 281 Å². The van der Waals surface area contributed by atoms with Crippen LogP contribution in [0.2, 0.25) is 0 Å². The molecule has 7 heteroatoms. The van der Waals surface area contributed by atoms with Gasteiger partial charge in [0, 0.05) is 28.5 Å². The predicted molar refractivity (Wildman–Crippen MR) is 194 cm³/mol. The molecule has 47 heavy (non-hydrogen) atoms. The molecule has 0 aliphatic carbocycles. The van der Waals surface area contributed by atoms with E-state index in [4.69, 9.17) is 24.6 Å². The molecule has 0 unspecified atom stereocenters. The lowest BCUT2D eigenvalue weighted by atomic mass is 9.82. The monoisotopic (exact) mass is 625 g/mol. The fourth-order valence-corrected chi connectivity index (χ4v) is 4.79. The maximum absolute atomic E-state index is 10.4. The molecule has 0 saturated carbocycles. The van der Waals surface area contributed by atoms with E-state index < -0.39 is 11.2 Å². The van der Waals surface area contributed by atoms with Crippen LogP contribution in [-0.2, 0) is 15.5 Å². The fourth-order valence-electron chi connectivity index (χ4n) is 4.79. The summed E-state index contributed by atoms with van der Waals surface area (Å²) in [7, 11) is 1.68. The first kappa shape index (κ1) is 34.1. The summed E-state index contributed by atoms with van der Waals surface area (Å²) in [5.74, 6) is 1.81. The summed E-state index contributed by atoms with van der Waals surface area (Å²) >= 11 is 0. The minimum absolute atomic E-state index is 0.0521. The zero-order valence-electron chi connectivity index (χ0n) is 29.4. The molecule has 241 valence electrons. The number of hydrogen-bond donors (Lipinski definition) is 1. The van der Waals surface area contributed by atoms with Gasteiger partial charge in [0.2, 0.25) is 0 Å². The topological polar surface area (TPSA) is 81.0 Å². The Kier molecular flexibility index (Phi) is 9.28. The van der Waals surface area contributed by atoms with Crippen LogP contribution in [0.4, 0.5) is 0 Å². The van der Waals surface area contributed by atoms with Gasteiger partial charge in [0.25, 0.3) is 0 Å². The molecule has 3 aromatic carbocycles. The molecular weight excluding hydrogens is 579 g/mol. The van der Waals surface area contributed by atoms with Crippen molar-refractivity contribution in [1.29, 1.82) is 0 Å². The highest BCUT2D eigenvalue weighted by molar-refractivity contribution is 6.47. The Morgan fingerprint density at radius 1 is 0.511 bits per heavy atom. The van der Waals surface area contributed by atoms with Gasteiger partial charge in [0.1, 0.15) is 0 Å². The van der Waals surface area contributed by atoms with Crippen molar-refractivity contribution in [3.63, 3.8) is 0 Å². The van der Waals surface area contributed by atoms with Gasteiger partial charge < -0.3 is 9.76 Å². The highest BCUT2D eigenvalue weighted by atomic mass is 16.5. The zero-order chi connectivity index (χ0) is 34.2. The highest BCUT2D eigenvalue weighted by Gasteiger charge is 2.35. The van der Waals surface area contributed by atoms with Crippen LogP contribution in [0.5, 0.6) is 0 Å². The van der Waals surface area contributed by atoms with Crippen molar-refractivity contribution in [1.82, 2.24) is 19.9 Å². The second kappa shape index (κ2) is 12.8. The van der Waals surface area contributed by atoms with Crippen LogP contribution in [-0.4, -0.2) is 43.7 Å². The van der Waals surface area contributed by atoms with Gasteiger partial charge in [0.15, 0.2) is 17.5 Å². The molecule has 0 aliphatic heterocycles. The molecule has 0 bridgehead atoms. The Morgan fingerprint density at radius 3 is 1.30 bits per heavy atom. The van der Waals surface area contributed by atoms with E-state index in [0.717, 1.165) is 33.4 Å². The molecule has 0 aliphatic rings. The highest BCUT2D eigenvalue weighted by Crippen LogP contribution is 2.30. The van der Waals surface area contributed by atoms with Gasteiger partial charge in [-0.25, -0.2) is 15.0 Å². The van der Waals surface area contributed by atoms with Crippen LogP contribution in [0.25, 0.3) is 45.4 Å². The van der Waals surface area contributed by atoms with E-state index in [2.05, 4.69) is 90.1 Å². The van der Waals surface area contributed by atoms with Crippen LogP contribution >= 0.6 is 0 Å². The molecule has 2 heterocycles. The fraction of sp³-hybridized carbons (Fsp3) is 0.350. The first-order chi connectivity index (χ1) is 21.9. The van der Waals surface area contributed by atoms with E-state index in [-0.39, 0.29) is 10.8 Å². The average molecular weight is 626 g/mol. The molecule has 0 amide bonds. The minimum Gasteiger partial charge on any atom is -0.427 e. The minimum atomic E-state index is -0.983. The average Bonchev–Trinajstić information content (AvgIpc) is 3.03. The SMILES string of the molecule is CC(C)(C)c1ccc(-c2nc(-c3ccc(C(C)(C)C)cc3)nc(-c3ccc(-c4ccc([B]OC(C)(C)C(C)(C)O)cc4)nc3)n2)cc1. The lowest BCUT2D eigenvalue weighted by Crippen LogP contribution is -2.49. The van der Waals surface area contributed by atoms with Crippen molar-refractivity contribution in [2.45, 2.75) is 91.3 Å². The first-order valence-electron chi connectivity index (χ1n) is 16.2. The number of hydrogen-bond acceptors (Lipinski definition) is 6. The van der Waals surface area contributed by atoms with Gasteiger partial charge in [-0.15, -0.1) is 0 Å². The maximum atomic E-state index is 10.4. The number of aromatic nitrogens is 4. The van der Waals surface area contributed by atoms with E-state index in [9.17, 15) is 5.11 Å². The van der Waals surface area contributed by atoms with Crippen molar-refractivity contribution in [2.24, 2.45) is 0 Å². The summed E-state index contributed by atoms with van der Waals surface area (Å²) in [5, 5.41) is 10.4. The van der Waals surface area contributed by atoms with Gasteiger partial charge in [0.05, 0.1) is 16.9 Å². The number of aliphatic hydroxyl groups is 1.